The highest BCUT2D eigenvalue weighted by Crippen LogP contribution is 2.40. The lowest BCUT2D eigenvalue weighted by atomic mass is 10.0. The molecule has 4 heterocycles. The molecule has 1 aromatic carbocycles. The molecule has 0 bridgehead atoms. The maximum Gasteiger partial charge on any atom is 0.355 e. The quantitative estimate of drug-likeness (QED) is 0.105. The van der Waals surface area contributed by atoms with Gasteiger partial charge in [-0.1, -0.05) is 32.0 Å². The standard InChI is InChI=1S/C30H28ClF4N7O2/c1-6-18(43)40-9-10-41(15(5)12-40)28-16-11-17(32)26(19-20(31)24(36)23(35)22(34)21(19)33)38-29(16)42(30(44)39-28)27-14(4)7-8-37-25(27)13(2)3/h6-8,11,13,15H,1,9-10,12,36H2,2-5H3. The molecular weight excluding hydrogens is 602 g/mol. The van der Waals surface area contributed by atoms with Crippen LogP contribution in [-0.4, -0.2) is 56.0 Å². The van der Waals surface area contributed by atoms with E-state index in [-0.39, 0.29) is 54.4 Å². The first-order chi connectivity index (χ1) is 20.8. The first-order valence-corrected chi connectivity index (χ1v) is 14.0. The van der Waals surface area contributed by atoms with E-state index in [2.05, 4.69) is 21.5 Å². The average molecular weight is 630 g/mol. The van der Waals surface area contributed by atoms with E-state index in [1.807, 2.05) is 13.8 Å². The maximum absolute atomic E-state index is 16.0. The number of carbonyl (C=O) groups excluding carboxylic acids is 1. The van der Waals surface area contributed by atoms with Crippen molar-refractivity contribution in [2.45, 2.75) is 39.7 Å². The number of nitrogens with two attached hydrogens (primary N) is 1. The van der Waals surface area contributed by atoms with Crippen molar-refractivity contribution in [3.05, 3.63) is 81.0 Å². The summed E-state index contributed by atoms with van der Waals surface area (Å²) in [5, 5.41) is -0.723. The molecule has 14 heteroatoms. The van der Waals surface area contributed by atoms with Crippen molar-refractivity contribution in [1.29, 1.82) is 0 Å². The third-order valence-electron chi connectivity index (χ3n) is 7.65. The van der Waals surface area contributed by atoms with Crippen molar-refractivity contribution >= 4 is 40.0 Å². The number of hydrogen-bond donors (Lipinski definition) is 1. The Hall–Kier alpha value is -4.52. The third kappa shape index (κ3) is 4.94. The summed E-state index contributed by atoms with van der Waals surface area (Å²) in [5.41, 5.74) is 3.42. The van der Waals surface area contributed by atoms with Crippen LogP contribution < -0.4 is 16.3 Å². The van der Waals surface area contributed by atoms with Gasteiger partial charge in [-0.2, -0.15) is 4.98 Å². The predicted molar refractivity (Wildman–Crippen MR) is 160 cm³/mol. The van der Waals surface area contributed by atoms with E-state index in [0.717, 1.165) is 10.6 Å². The zero-order valence-electron chi connectivity index (χ0n) is 24.3. The molecule has 3 aromatic heterocycles. The number of halogens is 5. The number of benzene rings is 1. The molecule has 0 aliphatic carbocycles. The highest BCUT2D eigenvalue weighted by Gasteiger charge is 2.32. The normalized spacial score (nSPS) is 15.4. The van der Waals surface area contributed by atoms with Crippen molar-refractivity contribution in [3.63, 3.8) is 0 Å². The molecule has 44 heavy (non-hydrogen) atoms. The molecule has 1 aliphatic heterocycles. The number of pyridine rings is 2. The van der Waals surface area contributed by atoms with E-state index in [0.29, 0.717) is 16.9 Å². The fourth-order valence-corrected chi connectivity index (χ4v) is 5.70. The minimum atomic E-state index is -1.96. The molecule has 5 rings (SSSR count). The van der Waals surface area contributed by atoms with E-state index < -0.39 is 50.9 Å². The zero-order chi connectivity index (χ0) is 32.2. The lowest BCUT2D eigenvalue weighted by molar-refractivity contribution is -0.126. The van der Waals surface area contributed by atoms with Gasteiger partial charge in [0.25, 0.3) is 0 Å². The monoisotopic (exact) mass is 629 g/mol. The number of aryl methyl sites for hydroxylation is 1. The van der Waals surface area contributed by atoms with Crippen molar-refractivity contribution in [3.8, 4) is 16.9 Å². The Labute approximate surface area is 254 Å². The molecule has 1 saturated heterocycles. The first kappa shape index (κ1) is 30.9. The number of carbonyl (C=O) groups is 1. The van der Waals surface area contributed by atoms with Gasteiger partial charge in [-0.05, 0) is 43.5 Å². The van der Waals surface area contributed by atoms with Crippen LogP contribution in [0.2, 0.25) is 5.02 Å². The maximum atomic E-state index is 16.0. The van der Waals surface area contributed by atoms with Gasteiger partial charge >= 0.3 is 5.69 Å². The number of aromatic nitrogens is 4. The van der Waals surface area contributed by atoms with Crippen LogP contribution in [0.4, 0.5) is 29.1 Å². The van der Waals surface area contributed by atoms with Crippen LogP contribution in [-0.2, 0) is 4.79 Å². The highest BCUT2D eigenvalue weighted by molar-refractivity contribution is 6.35. The molecule has 0 spiro atoms. The SMILES string of the molecule is C=CC(=O)N1CCN(c2nc(=O)n(-c3c(C)ccnc3C(C)C)c3nc(-c4c(F)c(F)c(F)c(N)c4Cl)c(F)cc23)C(C)C1. The molecule has 1 fully saturated rings. The first-order valence-electron chi connectivity index (χ1n) is 13.7. The van der Waals surface area contributed by atoms with E-state index in [4.69, 9.17) is 17.3 Å². The summed E-state index contributed by atoms with van der Waals surface area (Å²) < 4.78 is 60.9. The largest absolute Gasteiger partial charge is 0.395 e. The fraction of sp³-hybridized carbons (Fsp3) is 0.300. The Morgan fingerprint density at radius 3 is 2.50 bits per heavy atom. The zero-order valence-corrected chi connectivity index (χ0v) is 25.0. The van der Waals surface area contributed by atoms with Crippen LogP contribution in [0.1, 0.15) is 37.9 Å². The van der Waals surface area contributed by atoms with Crippen LogP contribution in [0.5, 0.6) is 0 Å². The number of anilines is 2. The number of piperazine rings is 1. The summed E-state index contributed by atoms with van der Waals surface area (Å²) in [6.07, 6.45) is 2.78. The minimum Gasteiger partial charge on any atom is -0.395 e. The molecule has 9 nitrogen and oxygen atoms in total. The van der Waals surface area contributed by atoms with Crippen molar-refractivity contribution in [1.82, 2.24) is 24.4 Å². The van der Waals surface area contributed by atoms with Crippen LogP contribution in [0.25, 0.3) is 28.0 Å². The Balaban J connectivity index is 1.87. The molecule has 2 N–H and O–H groups in total. The van der Waals surface area contributed by atoms with Crippen LogP contribution >= 0.6 is 11.6 Å². The number of nitrogen functional groups attached to an aromatic ring is 1. The van der Waals surface area contributed by atoms with Gasteiger partial charge in [-0.25, -0.2) is 31.9 Å². The lowest BCUT2D eigenvalue weighted by Crippen LogP contribution is -2.54. The molecule has 1 aliphatic rings. The van der Waals surface area contributed by atoms with E-state index in [1.54, 1.807) is 35.9 Å². The fourth-order valence-electron chi connectivity index (χ4n) is 5.45. The Morgan fingerprint density at radius 1 is 1.16 bits per heavy atom. The minimum absolute atomic E-state index is 0.0613. The van der Waals surface area contributed by atoms with Crippen LogP contribution in [0.3, 0.4) is 0 Å². The number of fused-ring (bicyclic) bond motifs is 1. The summed E-state index contributed by atoms with van der Waals surface area (Å²) >= 11 is 6.12. The number of amides is 1. The summed E-state index contributed by atoms with van der Waals surface area (Å²) in [5.74, 6) is -7.01. The van der Waals surface area contributed by atoms with Crippen molar-refractivity contribution in [2.75, 3.05) is 30.3 Å². The Bertz CT molecular complexity index is 1880. The van der Waals surface area contributed by atoms with E-state index in [1.165, 1.54) is 6.08 Å². The summed E-state index contributed by atoms with van der Waals surface area (Å²) in [4.78, 5) is 42.6. The second kappa shape index (κ2) is 11.5. The van der Waals surface area contributed by atoms with Gasteiger partial charge in [-0.15, -0.1) is 0 Å². The lowest BCUT2D eigenvalue weighted by Gasteiger charge is -2.40. The second-order valence-electron chi connectivity index (χ2n) is 10.8. The van der Waals surface area contributed by atoms with Crippen molar-refractivity contribution < 1.29 is 22.4 Å². The Kier molecular flexibility index (Phi) is 8.10. The van der Waals surface area contributed by atoms with Gasteiger partial charge in [0, 0.05) is 31.9 Å². The van der Waals surface area contributed by atoms with Gasteiger partial charge in [0.15, 0.2) is 28.9 Å². The van der Waals surface area contributed by atoms with E-state index >= 15 is 8.78 Å². The topological polar surface area (TPSA) is 110 Å². The molecule has 1 atom stereocenters. The van der Waals surface area contributed by atoms with Crippen molar-refractivity contribution in [2.24, 2.45) is 0 Å². The molecule has 0 saturated carbocycles. The second-order valence-corrected chi connectivity index (χ2v) is 11.2. The molecule has 1 amide bonds. The number of hydrogen-bond acceptors (Lipinski definition) is 7. The van der Waals surface area contributed by atoms with Gasteiger partial charge in [0.1, 0.15) is 11.5 Å². The van der Waals surface area contributed by atoms with Gasteiger partial charge < -0.3 is 15.5 Å². The van der Waals surface area contributed by atoms with Crippen LogP contribution in [0, 0.1) is 30.2 Å². The molecule has 230 valence electrons. The summed E-state index contributed by atoms with van der Waals surface area (Å²) in [7, 11) is 0. The number of nitrogens with zero attached hydrogens (tertiary/aromatic N) is 6. The van der Waals surface area contributed by atoms with Gasteiger partial charge in [0.05, 0.1) is 33.0 Å². The predicted octanol–water partition coefficient (Wildman–Crippen LogP) is 5.29. The van der Waals surface area contributed by atoms with Gasteiger partial charge in [0.2, 0.25) is 5.91 Å². The van der Waals surface area contributed by atoms with Gasteiger partial charge in [-0.3, -0.25) is 9.78 Å². The number of rotatable bonds is 5. The Morgan fingerprint density at radius 2 is 1.86 bits per heavy atom. The summed E-state index contributed by atoms with van der Waals surface area (Å²) in [6, 6.07) is 2.28. The molecular formula is C30H28ClF4N7O2. The van der Waals surface area contributed by atoms with Crippen LogP contribution in [0.15, 0.2) is 35.8 Å². The summed E-state index contributed by atoms with van der Waals surface area (Å²) in [6.45, 7) is 11.6. The van der Waals surface area contributed by atoms with E-state index in [9.17, 15) is 18.4 Å². The third-order valence-corrected chi connectivity index (χ3v) is 8.04. The molecule has 0 radical (unpaired) electrons. The average Bonchev–Trinajstić information content (AvgIpc) is 2.99. The smallest absolute Gasteiger partial charge is 0.355 e. The molecule has 4 aromatic rings. The molecule has 1 unspecified atom stereocenters. The highest BCUT2D eigenvalue weighted by atomic mass is 35.5.